The molecular formula is C23H32N2O. The molecule has 3 heteroatoms. The van der Waals surface area contributed by atoms with Crippen LogP contribution in [-0.4, -0.2) is 34.8 Å². The molecule has 2 aliphatic carbocycles. The molecule has 0 radical (unpaired) electrons. The largest absolute Gasteiger partial charge is 0.358 e. The summed E-state index contributed by atoms with van der Waals surface area (Å²) >= 11 is 0. The molecular weight excluding hydrogens is 320 g/mol. The van der Waals surface area contributed by atoms with E-state index in [2.05, 4.69) is 54.0 Å². The average molecular weight is 353 g/mol. The smallest absolute Gasteiger partial charge is 0.162 e. The third kappa shape index (κ3) is 3.73. The second kappa shape index (κ2) is 7.19. The maximum absolute atomic E-state index is 13.0. The number of ketones is 1. The maximum atomic E-state index is 13.0. The molecule has 1 heterocycles. The lowest BCUT2D eigenvalue weighted by Gasteiger charge is -2.49. The minimum atomic E-state index is 0.102. The summed E-state index contributed by atoms with van der Waals surface area (Å²) in [4.78, 5) is 18.1. The van der Waals surface area contributed by atoms with Gasteiger partial charge in [-0.1, -0.05) is 63.4 Å². The fourth-order valence-electron chi connectivity index (χ4n) is 5.03. The summed E-state index contributed by atoms with van der Waals surface area (Å²) < 4.78 is 0. The number of carbonyl (C=O) groups excluding carboxylic acids is 1. The molecule has 1 saturated carbocycles. The lowest BCUT2D eigenvalue weighted by atomic mass is 9.74. The molecule has 1 fully saturated rings. The van der Waals surface area contributed by atoms with Gasteiger partial charge >= 0.3 is 0 Å². The number of nitrogens with zero attached hydrogens (tertiary/aromatic N) is 2. The van der Waals surface area contributed by atoms with Crippen LogP contribution in [0.25, 0.3) is 0 Å². The van der Waals surface area contributed by atoms with Crippen molar-refractivity contribution in [2.75, 3.05) is 13.2 Å². The zero-order chi connectivity index (χ0) is 18.1. The van der Waals surface area contributed by atoms with E-state index in [1.54, 1.807) is 0 Å². The fourth-order valence-corrected chi connectivity index (χ4v) is 5.03. The van der Waals surface area contributed by atoms with E-state index >= 15 is 0 Å². The average Bonchev–Trinajstić information content (AvgIpc) is 2.63. The highest BCUT2D eigenvalue weighted by Gasteiger charge is 2.40. The molecule has 0 bridgehead atoms. The molecule has 0 atom stereocenters. The minimum Gasteiger partial charge on any atom is -0.358 e. The van der Waals surface area contributed by atoms with Gasteiger partial charge in [0.2, 0.25) is 0 Å². The van der Waals surface area contributed by atoms with Gasteiger partial charge in [0.1, 0.15) is 0 Å². The fraction of sp³-hybridized carbons (Fsp3) is 0.609. The standard InChI is InChI=1S/C23H32N2O/c1-23(2)13-21-20(22(26)14-23)16-24(15-18-9-5-3-6-10-18)17-25(21)19-11-7-4-8-12-19/h3,5-6,9-10,19H,4,7-8,11-17H2,1-2H3. The summed E-state index contributed by atoms with van der Waals surface area (Å²) in [5.41, 5.74) is 3.92. The number of hydrogen-bond acceptors (Lipinski definition) is 3. The van der Waals surface area contributed by atoms with E-state index in [0.717, 1.165) is 31.8 Å². The molecule has 0 unspecified atom stereocenters. The van der Waals surface area contributed by atoms with Gasteiger partial charge in [-0.3, -0.25) is 9.69 Å². The van der Waals surface area contributed by atoms with E-state index < -0.39 is 0 Å². The van der Waals surface area contributed by atoms with E-state index in [9.17, 15) is 4.79 Å². The molecule has 4 rings (SSSR count). The van der Waals surface area contributed by atoms with E-state index in [0.29, 0.717) is 18.2 Å². The monoisotopic (exact) mass is 352 g/mol. The topological polar surface area (TPSA) is 23.6 Å². The molecule has 0 spiro atoms. The Morgan fingerprint density at radius 1 is 1.04 bits per heavy atom. The zero-order valence-electron chi connectivity index (χ0n) is 16.3. The number of allylic oxidation sites excluding steroid dienone is 1. The van der Waals surface area contributed by atoms with Crippen molar-refractivity contribution in [1.29, 1.82) is 0 Å². The lowest BCUT2D eigenvalue weighted by Crippen LogP contribution is -2.51. The van der Waals surface area contributed by atoms with Crippen LogP contribution < -0.4 is 0 Å². The Balaban J connectivity index is 1.62. The Labute approximate surface area is 158 Å². The van der Waals surface area contributed by atoms with Crippen LogP contribution in [0.4, 0.5) is 0 Å². The van der Waals surface area contributed by atoms with Crippen LogP contribution in [0.2, 0.25) is 0 Å². The van der Waals surface area contributed by atoms with Crippen molar-refractivity contribution in [2.24, 2.45) is 5.41 Å². The van der Waals surface area contributed by atoms with Crippen molar-refractivity contribution in [1.82, 2.24) is 9.80 Å². The first-order chi connectivity index (χ1) is 12.5. The van der Waals surface area contributed by atoms with Gasteiger partial charge in [-0.2, -0.15) is 0 Å². The minimum absolute atomic E-state index is 0.102. The van der Waals surface area contributed by atoms with Gasteiger partial charge < -0.3 is 4.90 Å². The highest BCUT2D eigenvalue weighted by molar-refractivity contribution is 5.98. The molecule has 3 aliphatic rings. The van der Waals surface area contributed by atoms with Crippen LogP contribution in [0.15, 0.2) is 41.6 Å². The predicted octanol–water partition coefficient (Wildman–Crippen LogP) is 4.74. The second-order valence-electron chi connectivity index (χ2n) is 9.24. The molecule has 0 saturated heterocycles. The van der Waals surface area contributed by atoms with Gasteiger partial charge in [0, 0.05) is 36.8 Å². The zero-order valence-corrected chi connectivity index (χ0v) is 16.3. The van der Waals surface area contributed by atoms with E-state index in [1.807, 2.05) is 0 Å². The van der Waals surface area contributed by atoms with Gasteiger partial charge in [-0.25, -0.2) is 0 Å². The third-order valence-corrected chi connectivity index (χ3v) is 6.32. The van der Waals surface area contributed by atoms with Crippen molar-refractivity contribution in [3.05, 3.63) is 47.2 Å². The van der Waals surface area contributed by atoms with Crippen LogP contribution in [0.3, 0.4) is 0 Å². The molecule has 3 nitrogen and oxygen atoms in total. The Morgan fingerprint density at radius 2 is 1.77 bits per heavy atom. The first-order valence-electron chi connectivity index (χ1n) is 10.3. The van der Waals surface area contributed by atoms with Crippen LogP contribution in [0.1, 0.15) is 64.4 Å². The highest BCUT2D eigenvalue weighted by atomic mass is 16.1. The van der Waals surface area contributed by atoms with Crippen molar-refractivity contribution >= 4 is 5.78 Å². The van der Waals surface area contributed by atoms with E-state index in [1.165, 1.54) is 43.4 Å². The molecule has 1 aromatic carbocycles. The van der Waals surface area contributed by atoms with Crippen molar-refractivity contribution in [2.45, 2.75) is 71.4 Å². The predicted molar refractivity (Wildman–Crippen MR) is 105 cm³/mol. The summed E-state index contributed by atoms with van der Waals surface area (Å²) in [5, 5.41) is 0. The van der Waals surface area contributed by atoms with Crippen LogP contribution in [-0.2, 0) is 11.3 Å². The lowest BCUT2D eigenvalue weighted by molar-refractivity contribution is -0.119. The van der Waals surface area contributed by atoms with Crippen molar-refractivity contribution < 1.29 is 4.79 Å². The van der Waals surface area contributed by atoms with Crippen molar-refractivity contribution in [3.63, 3.8) is 0 Å². The Kier molecular flexibility index (Phi) is 4.92. The van der Waals surface area contributed by atoms with Gasteiger partial charge in [-0.05, 0) is 30.2 Å². The summed E-state index contributed by atoms with van der Waals surface area (Å²) in [5.74, 6) is 0.384. The first kappa shape index (κ1) is 17.8. The van der Waals surface area contributed by atoms with Crippen LogP contribution >= 0.6 is 0 Å². The Hall–Kier alpha value is -1.61. The summed E-state index contributed by atoms with van der Waals surface area (Å²) in [6.07, 6.45) is 8.36. The molecule has 1 aliphatic heterocycles. The Bertz CT molecular complexity index is 685. The van der Waals surface area contributed by atoms with E-state index in [-0.39, 0.29) is 5.41 Å². The molecule has 0 N–H and O–H groups in total. The normalized spacial score (nSPS) is 24.7. The number of hydrogen-bond donors (Lipinski definition) is 0. The molecule has 140 valence electrons. The Morgan fingerprint density at radius 3 is 2.50 bits per heavy atom. The summed E-state index contributed by atoms with van der Waals surface area (Å²) in [6.45, 7) is 7.23. The van der Waals surface area contributed by atoms with Gasteiger partial charge in [-0.15, -0.1) is 0 Å². The SMILES string of the molecule is CC1(C)CC(=O)C2=C(C1)N(C1CCCCC1)CN(Cc1ccccc1)C2. The summed E-state index contributed by atoms with van der Waals surface area (Å²) in [6, 6.07) is 11.3. The van der Waals surface area contributed by atoms with E-state index in [4.69, 9.17) is 0 Å². The van der Waals surface area contributed by atoms with Crippen molar-refractivity contribution in [3.8, 4) is 0 Å². The first-order valence-corrected chi connectivity index (χ1v) is 10.3. The number of benzene rings is 1. The number of rotatable bonds is 3. The van der Waals surface area contributed by atoms with Crippen LogP contribution in [0, 0.1) is 5.41 Å². The van der Waals surface area contributed by atoms with Gasteiger partial charge in [0.15, 0.2) is 5.78 Å². The van der Waals surface area contributed by atoms with Gasteiger partial charge in [0.25, 0.3) is 0 Å². The highest BCUT2D eigenvalue weighted by Crippen LogP contribution is 2.42. The second-order valence-corrected chi connectivity index (χ2v) is 9.24. The number of Topliss-reactive ketones (excluding diaryl/α,β-unsaturated/α-hetero) is 1. The molecule has 0 amide bonds. The summed E-state index contributed by atoms with van der Waals surface area (Å²) in [7, 11) is 0. The quantitative estimate of drug-likeness (QED) is 0.785. The third-order valence-electron chi connectivity index (χ3n) is 6.32. The molecule has 26 heavy (non-hydrogen) atoms. The molecule has 0 aromatic heterocycles. The van der Waals surface area contributed by atoms with Gasteiger partial charge in [0.05, 0.1) is 6.67 Å². The number of carbonyl (C=O) groups is 1. The molecule has 1 aromatic rings. The van der Waals surface area contributed by atoms with Crippen LogP contribution in [0.5, 0.6) is 0 Å². The maximum Gasteiger partial charge on any atom is 0.162 e.